The summed E-state index contributed by atoms with van der Waals surface area (Å²) in [6.45, 7) is 2.91. The largest absolute Gasteiger partial charge is 0.454 e. The molecule has 1 amide bonds. The standard InChI is InChI=1S/C22H24N2O5S/c1-2-11-30(26,27)24-10-9-17-5-6-19(13-18(17)14-24)23-22(25)8-4-16-3-7-20-21(12-16)29-15-28-20/h3-8,12-13H,2,9-11,14-15H2,1H3,(H,23,25)/b8-4+. The monoisotopic (exact) mass is 428 g/mol. The van der Waals surface area contributed by atoms with Gasteiger partial charge in [0.1, 0.15) is 0 Å². The molecule has 2 aliphatic heterocycles. The SMILES string of the molecule is CCCS(=O)(=O)N1CCc2ccc(NC(=O)/C=C/c3ccc4c(c3)OCO4)cc2C1. The van der Waals surface area contributed by atoms with Crippen LogP contribution in [0.2, 0.25) is 0 Å². The molecule has 0 saturated heterocycles. The van der Waals surface area contributed by atoms with Gasteiger partial charge in [0, 0.05) is 24.9 Å². The van der Waals surface area contributed by atoms with Crippen molar-refractivity contribution in [2.75, 3.05) is 24.4 Å². The highest BCUT2D eigenvalue weighted by Crippen LogP contribution is 2.32. The molecule has 2 aliphatic rings. The second-order valence-corrected chi connectivity index (χ2v) is 9.41. The first-order chi connectivity index (χ1) is 14.4. The zero-order chi connectivity index (χ0) is 21.1. The van der Waals surface area contributed by atoms with Crippen molar-refractivity contribution in [1.29, 1.82) is 0 Å². The topological polar surface area (TPSA) is 84.9 Å². The summed E-state index contributed by atoms with van der Waals surface area (Å²) in [7, 11) is -3.24. The highest BCUT2D eigenvalue weighted by Gasteiger charge is 2.26. The minimum absolute atomic E-state index is 0.156. The lowest BCUT2D eigenvalue weighted by atomic mass is 10.0. The van der Waals surface area contributed by atoms with Crippen LogP contribution in [0.1, 0.15) is 30.0 Å². The van der Waals surface area contributed by atoms with Gasteiger partial charge in [-0.05, 0) is 59.9 Å². The van der Waals surface area contributed by atoms with Crippen molar-refractivity contribution in [2.24, 2.45) is 0 Å². The number of rotatable bonds is 6. The molecule has 2 aromatic carbocycles. The third kappa shape index (κ3) is 4.49. The Morgan fingerprint density at radius 2 is 1.97 bits per heavy atom. The maximum atomic E-state index is 12.4. The van der Waals surface area contributed by atoms with E-state index in [1.807, 2.05) is 43.3 Å². The minimum Gasteiger partial charge on any atom is -0.454 e. The predicted octanol–water partition coefficient (Wildman–Crippen LogP) is 3.17. The smallest absolute Gasteiger partial charge is 0.248 e. The lowest BCUT2D eigenvalue weighted by Gasteiger charge is -2.28. The number of hydrogen-bond donors (Lipinski definition) is 1. The molecule has 0 atom stereocenters. The molecule has 0 radical (unpaired) electrons. The number of benzene rings is 2. The maximum Gasteiger partial charge on any atom is 0.248 e. The number of anilines is 1. The summed E-state index contributed by atoms with van der Waals surface area (Å²) in [5.74, 6) is 1.25. The molecule has 0 spiro atoms. The molecule has 0 unspecified atom stereocenters. The van der Waals surface area contributed by atoms with Gasteiger partial charge < -0.3 is 14.8 Å². The van der Waals surface area contributed by atoms with Gasteiger partial charge in [-0.2, -0.15) is 4.31 Å². The van der Waals surface area contributed by atoms with Crippen molar-refractivity contribution in [3.63, 3.8) is 0 Å². The molecule has 2 aromatic rings. The second-order valence-electron chi connectivity index (χ2n) is 7.32. The van der Waals surface area contributed by atoms with Crippen LogP contribution in [-0.4, -0.2) is 37.7 Å². The Hall–Kier alpha value is -2.84. The summed E-state index contributed by atoms with van der Waals surface area (Å²) in [4.78, 5) is 12.3. The normalized spacial score (nSPS) is 15.9. The second kappa shape index (κ2) is 8.49. The summed E-state index contributed by atoms with van der Waals surface area (Å²) < 4.78 is 36.9. The van der Waals surface area contributed by atoms with E-state index in [2.05, 4.69) is 5.32 Å². The fourth-order valence-corrected chi connectivity index (χ4v) is 5.09. The predicted molar refractivity (Wildman–Crippen MR) is 115 cm³/mol. The van der Waals surface area contributed by atoms with Gasteiger partial charge in [0.05, 0.1) is 5.75 Å². The molecule has 7 nitrogen and oxygen atoms in total. The first kappa shape index (κ1) is 20.4. The molecule has 0 bridgehead atoms. The number of carbonyl (C=O) groups excluding carboxylic acids is 1. The van der Waals surface area contributed by atoms with Gasteiger partial charge in [0.2, 0.25) is 22.7 Å². The van der Waals surface area contributed by atoms with E-state index in [1.165, 1.54) is 10.4 Å². The number of nitrogens with zero attached hydrogens (tertiary/aromatic N) is 1. The van der Waals surface area contributed by atoms with E-state index in [4.69, 9.17) is 9.47 Å². The number of carbonyl (C=O) groups is 1. The van der Waals surface area contributed by atoms with Crippen LogP contribution < -0.4 is 14.8 Å². The summed E-state index contributed by atoms with van der Waals surface area (Å²) in [6, 6.07) is 11.1. The number of amides is 1. The van der Waals surface area contributed by atoms with Crippen molar-refractivity contribution in [3.05, 3.63) is 59.2 Å². The van der Waals surface area contributed by atoms with E-state index in [0.29, 0.717) is 43.1 Å². The van der Waals surface area contributed by atoms with Crippen LogP contribution >= 0.6 is 0 Å². The van der Waals surface area contributed by atoms with E-state index < -0.39 is 10.0 Å². The fraction of sp³-hybridized carbons (Fsp3) is 0.318. The van der Waals surface area contributed by atoms with Crippen LogP contribution in [0.25, 0.3) is 6.08 Å². The number of ether oxygens (including phenoxy) is 2. The number of nitrogens with one attached hydrogen (secondary N) is 1. The molecular formula is C22H24N2O5S. The van der Waals surface area contributed by atoms with Crippen molar-refractivity contribution in [1.82, 2.24) is 4.31 Å². The zero-order valence-electron chi connectivity index (χ0n) is 16.8. The molecule has 2 heterocycles. The highest BCUT2D eigenvalue weighted by atomic mass is 32.2. The number of fused-ring (bicyclic) bond motifs is 2. The summed E-state index contributed by atoms with van der Waals surface area (Å²) >= 11 is 0. The van der Waals surface area contributed by atoms with Crippen LogP contribution in [0, 0.1) is 0 Å². The molecule has 0 saturated carbocycles. The molecule has 30 heavy (non-hydrogen) atoms. The number of sulfonamides is 1. The molecule has 0 aromatic heterocycles. The molecule has 0 aliphatic carbocycles. The molecule has 0 fully saturated rings. The van der Waals surface area contributed by atoms with E-state index in [9.17, 15) is 13.2 Å². The van der Waals surface area contributed by atoms with Crippen LogP contribution in [0.5, 0.6) is 11.5 Å². The Morgan fingerprint density at radius 3 is 2.80 bits per heavy atom. The summed E-state index contributed by atoms with van der Waals surface area (Å²) in [5.41, 5.74) is 3.52. The minimum atomic E-state index is -3.24. The van der Waals surface area contributed by atoms with Gasteiger partial charge >= 0.3 is 0 Å². The molecule has 8 heteroatoms. The van der Waals surface area contributed by atoms with E-state index in [-0.39, 0.29) is 18.5 Å². The average Bonchev–Trinajstić information content (AvgIpc) is 3.19. The van der Waals surface area contributed by atoms with Crippen LogP contribution in [-0.2, 0) is 27.8 Å². The Morgan fingerprint density at radius 1 is 1.13 bits per heavy atom. The molecule has 1 N–H and O–H groups in total. The van der Waals surface area contributed by atoms with Gasteiger partial charge in [-0.25, -0.2) is 8.42 Å². The lowest BCUT2D eigenvalue weighted by molar-refractivity contribution is -0.111. The van der Waals surface area contributed by atoms with Crippen molar-refractivity contribution < 1.29 is 22.7 Å². The summed E-state index contributed by atoms with van der Waals surface area (Å²) in [5, 5.41) is 2.84. The Bertz CT molecular complexity index is 1090. The van der Waals surface area contributed by atoms with Gasteiger partial charge in [-0.3, -0.25) is 4.79 Å². The van der Waals surface area contributed by atoms with Crippen LogP contribution in [0.4, 0.5) is 5.69 Å². The molecule has 4 rings (SSSR count). The maximum absolute atomic E-state index is 12.4. The van der Waals surface area contributed by atoms with Crippen molar-refractivity contribution >= 4 is 27.7 Å². The first-order valence-electron chi connectivity index (χ1n) is 9.93. The summed E-state index contributed by atoms with van der Waals surface area (Å²) in [6.07, 6.45) is 4.43. The van der Waals surface area contributed by atoms with Gasteiger partial charge in [-0.15, -0.1) is 0 Å². The first-order valence-corrected chi connectivity index (χ1v) is 11.5. The van der Waals surface area contributed by atoms with E-state index in [0.717, 1.165) is 16.7 Å². The molecule has 158 valence electrons. The Balaban J connectivity index is 1.42. The van der Waals surface area contributed by atoms with E-state index >= 15 is 0 Å². The highest BCUT2D eigenvalue weighted by molar-refractivity contribution is 7.89. The third-order valence-corrected chi connectivity index (χ3v) is 7.15. The molecular weight excluding hydrogens is 404 g/mol. The third-order valence-electron chi connectivity index (χ3n) is 5.13. The lowest BCUT2D eigenvalue weighted by Crippen LogP contribution is -2.37. The van der Waals surface area contributed by atoms with Gasteiger partial charge in [0.15, 0.2) is 11.5 Å². The Labute approximate surface area is 176 Å². The quantitative estimate of drug-likeness (QED) is 0.715. The average molecular weight is 429 g/mol. The van der Waals surface area contributed by atoms with Crippen molar-refractivity contribution in [3.8, 4) is 11.5 Å². The van der Waals surface area contributed by atoms with Crippen molar-refractivity contribution in [2.45, 2.75) is 26.3 Å². The van der Waals surface area contributed by atoms with Gasteiger partial charge in [0.25, 0.3) is 0 Å². The van der Waals surface area contributed by atoms with Gasteiger partial charge in [-0.1, -0.05) is 19.1 Å². The number of hydrogen-bond acceptors (Lipinski definition) is 5. The zero-order valence-corrected chi connectivity index (χ0v) is 17.6. The van der Waals surface area contributed by atoms with Crippen LogP contribution in [0.15, 0.2) is 42.5 Å². The van der Waals surface area contributed by atoms with Crippen LogP contribution in [0.3, 0.4) is 0 Å². The van der Waals surface area contributed by atoms with E-state index in [1.54, 1.807) is 6.08 Å². The fourth-order valence-electron chi connectivity index (χ4n) is 3.61. The Kier molecular flexibility index (Phi) is 5.78.